The first-order chi connectivity index (χ1) is 20.4. The first-order valence-electron chi connectivity index (χ1n) is 15.2. The Balaban J connectivity index is 1.74. The Morgan fingerprint density at radius 1 is 0.881 bits per heavy atom. The molecule has 228 valence electrons. The molecule has 3 amide bonds. The number of benzene rings is 2. The molecule has 42 heavy (non-hydrogen) atoms. The fraction of sp³-hybridized carbons (Fsp3) is 0.515. The zero-order valence-electron chi connectivity index (χ0n) is 24.7. The summed E-state index contributed by atoms with van der Waals surface area (Å²) in [6.45, 7) is 1.02. The second kappa shape index (κ2) is 17.8. The van der Waals surface area contributed by atoms with Gasteiger partial charge in [-0.1, -0.05) is 87.4 Å². The minimum Gasteiger partial charge on any atom is -0.493 e. The van der Waals surface area contributed by atoms with Crippen molar-refractivity contribution in [1.29, 1.82) is 0 Å². The van der Waals surface area contributed by atoms with Crippen LogP contribution in [0, 0.1) is 0 Å². The van der Waals surface area contributed by atoms with Crippen molar-refractivity contribution in [1.82, 2.24) is 15.5 Å². The number of nitrogens with one attached hydrogen (secondary N) is 2. The summed E-state index contributed by atoms with van der Waals surface area (Å²) in [5, 5.41) is 15.4. The summed E-state index contributed by atoms with van der Waals surface area (Å²) in [7, 11) is 1.57. The third-order valence-corrected chi connectivity index (χ3v) is 7.70. The molecule has 1 heterocycles. The van der Waals surface area contributed by atoms with Gasteiger partial charge in [0.15, 0.2) is 0 Å². The van der Waals surface area contributed by atoms with Crippen LogP contribution < -0.4 is 15.4 Å². The highest BCUT2D eigenvalue weighted by Crippen LogP contribution is 2.20. The fourth-order valence-corrected chi connectivity index (χ4v) is 5.11. The van der Waals surface area contributed by atoms with Crippen molar-refractivity contribution in [2.75, 3.05) is 20.2 Å². The minimum atomic E-state index is -1.28. The number of hydrogen-bond acceptors (Lipinski definition) is 5. The van der Waals surface area contributed by atoms with Gasteiger partial charge in [-0.3, -0.25) is 14.4 Å². The zero-order chi connectivity index (χ0) is 30.2. The van der Waals surface area contributed by atoms with Crippen molar-refractivity contribution in [3.63, 3.8) is 0 Å². The molecular formula is C33H45N3O6. The Bertz CT molecular complexity index is 1160. The summed E-state index contributed by atoms with van der Waals surface area (Å²) in [6, 6.07) is 14.2. The highest BCUT2D eigenvalue weighted by atomic mass is 16.5. The second-order valence-electron chi connectivity index (χ2n) is 10.9. The van der Waals surface area contributed by atoms with Crippen LogP contribution in [0.15, 0.2) is 54.6 Å². The lowest BCUT2D eigenvalue weighted by Gasteiger charge is -2.28. The Morgan fingerprint density at radius 2 is 1.50 bits per heavy atom. The summed E-state index contributed by atoms with van der Waals surface area (Å²) < 4.78 is 5.89. The van der Waals surface area contributed by atoms with Crippen LogP contribution in [-0.4, -0.2) is 66.0 Å². The van der Waals surface area contributed by atoms with E-state index in [1.807, 2.05) is 30.3 Å². The number of carbonyl (C=O) groups excluding carboxylic acids is 3. The number of nitrogens with zero attached hydrogens (tertiary/aromatic N) is 1. The summed E-state index contributed by atoms with van der Waals surface area (Å²) in [4.78, 5) is 53.0. The third-order valence-electron chi connectivity index (χ3n) is 7.70. The van der Waals surface area contributed by atoms with E-state index in [1.165, 1.54) is 11.3 Å². The van der Waals surface area contributed by atoms with E-state index in [0.717, 1.165) is 56.9 Å². The van der Waals surface area contributed by atoms with Gasteiger partial charge in [0.1, 0.15) is 17.8 Å². The number of para-hydroxylation sites is 1. The summed E-state index contributed by atoms with van der Waals surface area (Å²) in [6.07, 6.45) is 9.63. The van der Waals surface area contributed by atoms with Crippen molar-refractivity contribution in [3.8, 4) is 5.75 Å². The quantitative estimate of drug-likeness (QED) is 0.483. The lowest BCUT2D eigenvalue weighted by atomic mass is 10.0. The number of aliphatic carboxylic acids is 1. The molecule has 1 aliphatic rings. The van der Waals surface area contributed by atoms with E-state index in [-0.39, 0.29) is 30.2 Å². The van der Waals surface area contributed by atoms with Gasteiger partial charge in [0.05, 0.1) is 12.2 Å². The molecule has 0 spiro atoms. The summed E-state index contributed by atoms with van der Waals surface area (Å²) in [5.41, 5.74) is 1.17. The molecule has 9 heteroatoms. The average Bonchev–Trinajstić information content (AvgIpc) is 2.99. The Morgan fingerprint density at radius 3 is 2.19 bits per heavy atom. The molecule has 2 atom stereocenters. The predicted octanol–water partition coefficient (Wildman–Crippen LogP) is 4.74. The van der Waals surface area contributed by atoms with E-state index in [2.05, 4.69) is 10.6 Å². The number of rotatable bonds is 3. The van der Waals surface area contributed by atoms with E-state index in [0.29, 0.717) is 25.3 Å². The smallest absolute Gasteiger partial charge is 0.326 e. The normalized spacial score (nSPS) is 21.2. The predicted molar refractivity (Wildman–Crippen MR) is 161 cm³/mol. The first kappa shape index (κ1) is 32.6. The number of likely N-dealkylation sites (N-methyl/N-ethyl adjacent to an activating group) is 1. The van der Waals surface area contributed by atoms with Crippen LogP contribution in [0.3, 0.4) is 0 Å². The molecule has 1 aliphatic heterocycles. The van der Waals surface area contributed by atoms with Gasteiger partial charge in [0.25, 0.3) is 5.91 Å². The van der Waals surface area contributed by atoms with E-state index < -0.39 is 24.0 Å². The number of carboxylic acids is 1. The molecule has 3 rings (SSSR count). The number of hydrogen-bond donors (Lipinski definition) is 3. The molecule has 2 aromatic rings. The maximum Gasteiger partial charge on any atom is 0.326 e. The SMILES string of the molecule is CN1C(=O)CC[C@@H](C(=O)O)NC(=O)c2ccccc2OCCCCCCCCCCCNC(=O)[C@@H]1Cc1ccccc1. The fourth-order valence-electron chi connectivity index (χ4n) is 5.11. The molecular weight excluding hydrogens is 534 g/mol. The van der Waals surface area contributed by atoms with Gasteiger partial charge in [-0.15, -0.1) is 0 Å². The van der Waals surface area contributed by atoms with Crippen LogP contribution in [0.4, 0.5) is 0 Å². The van der Waals surface area contributed by atoms with Crippen molar-refractivity contribution >= 4 is 23.7 Å². The van der Waals surface area contributed by atoms with Crippen molar-refractivity contribution in [2.45, 2.75) is 89.1 Å². The standard InChI is InChI=1S/C33H45N3O6/c1-36-28(24-25-16-10-9-11-17-25)32(39)34-22-14-7-5-3-2-4-6-8-15-23-42-29-19-13-12-18-26(29)31(38)35-27(33(40)41)20-21-30(36)37/h9-13,16-19,27-28H,2-8,14-15,20-24H2,1H3,(H,34,39)(H,35,38)(H,40,41)/t27-,28-/m0/s1. The molecule has 0 aromatic heterocycles. The summed E-state index contributed by atoms with van der Waals surface area (Å²) in [5.74, 6) is -2.01. The van der Waals surface area contributed by atoms with Crippen LogP contribution >= 0.6 is 0 Å². The molecule has 0 bridgehead atoms. The number of fused-ring (bicyclic) bond motifs is 1. The highest BCUT2D eigenvalue weighted by molar-refractivity contribution is 5.99. The number of carboxylic acid groups (broad SMARTS) is 1. The van der Waals surface area contributed by atoms with Gasteiger partial charge < -0.3 is 25.4 Å². The van der Waals surface area contributed by atoms with Crippen LogP contribution in [-0.2, 0) is 20.8 Å². The minimum absolute atomic E-state index is 0.118. The van der Waals surface area contributed by atoms with Crippen LogP contribution in [0.25, 0.3) is 0 Å². The summed E-state index contributed by atoms with van der Waals surface area (Å²) >= 11 is 0. The second-order valence-corrected chi connectivity index (χ2v) is 10.9. The van der Waals surface area contributed by atoms with Gasteiger partial charge in [0.2, 0.25) is 11.8 Å². The largest absolute Gasteiger partial charge is 0.493 e. The van der Waals surface area contributed by atoms with Crippen molar-refractivity contribution in [2.24, 2.45) is 0 Å². The lowest BCUT2D eigenvalue weighted by Crippen LogP contribution is -2.49. The van der Waals surface area contributed by atoms with Gasteiger partial charge in [-0.2, -0.15) is 0 Å². The molecule has 2 aromatic carbocycles. The van der Waals surface area contributed by atoms with Crippen molar-refractivity contribution < 1.29 is 29.0 Å². The Labute approximate surface area is 249 Å². The third kappa shape index (κ3) is 10.8. The molecule has 0 aliphatic carbocycles. The van der Waals surface area contributed by atoms with Crippen LogP contribution in [0.5, 0.6) is 5.75 Å². The Kier molecular flexibility index (Phi) is 13.9. The molecule has 0 saturated carbocycles. The zero-order valence-corrected chi connectivity index (χ0v) is 24.7. The van der Waals surface area contributed by atoms with Gasteiger partial charge in [-0.05, 0) is 37.0 Å². The molecule has 0 unspecified atom stereocenters. The number of ether oxygens (including phenoxy) is 1. The number of carbonyl (C=O) groups is 4. The van der Waals surface area contributed by atoms with E-state index >= 15 is 0 Å². The number of amides is 3. The van der Waals surface area contributed by atoms with E-state index in [4.69, 9.17) is 4.74 Å². The maximum absolute atomic E-state index is 13.2. The van der Waals surface area contributed by atoms with Crippen LogP contribution in [0.1, 0.15) is 86.6 Å². The van der Waals surface area contributed by atoms with E-state index in [1.54, 1.807) is 31.3 Å². The van der Waals surface area contributed by atoms with E-state index in [9.17, 15) is 24.3 Å². The average molecular weight is 580 g/mol. The molecule has 0 radical (unpaired) electrons. The van der Waals surface area contributed by atoms with Crippen LogP contribution in [0.2, 0.25) is 0 Å². The Hall–Kier alpha value is -3.88. The molecule has 0 saturated heterocycles. The first-order valence-corrected chi connectivity index (χ1v) is 15.2. The molecule has 0 fully saturated rings. The molecule has 9 nitrogen and oxygen atoms in total. The monoisotopic (exact) mass is 579 g/mol. The van der Waals surface area contributed by atoms with Gasteiger partial charge >= 0.3 is 5.97 Å². The van der Waals surface area contributed by atoms with Gasteiger partial charge in [0, 0.05) is 26.4 Å². The van der Waals surface area contributed by atoms with Crippen molar-refractivity contribution in [3.05, 3.63) is 65.7 Å². The molecule has 3 N–H and O–H groups in total. The maximum atomic E-state index is 13.2. The van der Waals surface area contributed by atoms with Gasteiger partial charge in [-0.25, -0.2) is 4.79 Å². The lowest BCUT2D eigenvalue weighted by molar-refractivity contribution is -0.141. The topological polar surface area (TPSA) is 125 Å². The highest BCUT2D eigenvalue weighted by Gasteiger charge is 2.29.